The smallest absolute Gasteiger partial charge is 0.307 e. The molecule has 1 atom stereocenters. The Kier molecular flexibility index (Phi) is 3.82. The number of alkyl halides is 1. The van der Waals surface area contributed by atoms with E-state index in [1.807, 2.05) is 0 Å². The molecule has 0 bridgehead atoms. The number of carbonyl (C=O) groups is 1. The molecule has 0 aromatic heterocycles. The Labute approximate surface area is 91.7 Å². The predicted molar refractivity (Wildman–Crippen MR) is 53.8 cm³/mol. The van der Waals surface area contributed by atoms with Gasteiger partial charge < -0.3 is 9.84 Å². The summed E-state index contributed by atoms with van der Waals surface area (Å²) >= 11 is 0. The Morgan fingerprint density at radius 1 is 1.56 bits per heavy atom. The molecule has 0 aliphatic carbocycles. The summed E-state index contributed by atoms with van der Waals surface area (Å²) in [6.45, 7) is 1.26. The minimum atomic E-state index is -1.35. The predicted octanol–water partition coefficient (Wildman–Crippen LogP) is 2.49. The Hall–Kier alpha value is -1.65. The first-order valence-corrected chi connectivity index (χ1v) is 4.68. The van der Waals surface area contributed by atoms with Crippen LogP contribution in [0.25, 0.3) is 0 Å². The SMILES string of the molecule is COc1c(F)cc(C(C)F)cc1CC(=O)O. The molecule has 1 unspecified atom stereocenters. The van der Waals surface area contributed by atoms with Gasteiger partial charge in [-0.05, 0) is 24.6 Å². The van der Waals surface area contributed by atoms with E-state index in [1.165, 1.54) is 20.1 Å². The van der Waals surface area contributed by atoms with Gasteiger partial charge >= 0.3 is 5.97 Å². The van der Waals surface area contributed by atoms with Crippen LogP contribution in [-0.4, -0.2) is 18.2 Å². The zero-order valence-corrected chi connectivity index (χ0v) is 8.96. The second-order valence-electron chi connectivity index (χ2n) is 3.38. The Morgan fingerprint density at radius 2 is 2.19 bits per heavy atom. The molecule has 5 heteroatoms. The molecule has 16 heavy (non-hydrogen) atoms. The summed E-state index contributed by atoms with van der Waals surface area (Å²) in [5, 5.41) is 8.64. The van der Waals surface area contributed by atoms with Crippen molar-refractivity contribution in [3.63, 3.8) is 0 Å². The maximum Gasteiger partial charge on any atom is 0.307 e. The summed E-state index contributed by atoms with van der Waals surface area (Å²) in [5.74, 6) is -2.02. The third kappa shape index (κ3) is 2.68. The number of methoxy groups -OCH3 is 1. The van der Waals surface area contributed by atoms with Crippen LogP contribution in [0.2, 0.25) is 0 Å². The molecule has 0 amide bonds. The summed E-state index contributed by atoms with van der Waals surface area (Å²) in [4.78, 5) is 10.6. The van der Waals surface area contributed by atoms with Gasteiger partial charge in [0, 0.05) is 5.56 Å². The molecule has 0 fully saturated rings. The molecule has 1 N–H and O–H groups in total. The molecule has 1 aromatic carbocycles. The number of hydrogen-bond acceptors (Lipinski definition) is 2. The highest BCUT2D eigenvalue weighted by Gasteiger charge is 2.16. The molecule has 0 aliphatic rings. The van der Waals surface area contributed by atoms with E-state index in [9.17, 15) is 13.6 Å². The summed E-state index contributed by atoms with van der Waals surface area (Å²) in [5.41, 5.74) is 0.240. The molecule has 88 valence electrons. The normalized spacial score (nSPS) is 12.2. The van der Waals surface area contributed by atoms with Gasteiger partial charge in [-0.2, -0.15) is 0 Å². The van der Waals surface area contributed by atoms with E-state index in [0.717, 1.165) is 6.07 Å². The quantitative estimate of drug-likeness (QED) is 0.864. The van der Waals surface area contributed by atoms with Crippen molar-refractivity contribution in [1.82, 2.24) is 0 Å². The van der Waals surface area contributed by atoms with Crippen molar-refractivity contribution in [3.05, 3.63) is 29.1 Å². The van der Waals surface area contributed by atoms with Crippen molar-refractivity contribution in [2.75, 3.05) is 7.11 Å². The number of carboxylic acids is 1. The fraction of sp³-hybridized carbons (Fsp3) is 0.364. The van der Waals surface area contributed by atoms with Crippen molar-refractivity contribution in [2.24, 2.45) is 0 Å². The van der Waals surface area contributed by atoms with Crippen LogP contribution in [-0.2, 0) is 11.2 Å². The average molecular weight is 230 g/mol. The van der Waals surface area contributed by atoms with Crippen molar-refractivity contribution in [1.29, 1.82) is 0 Å². The molecule has 0 radical (unpaired) electrons. The molecule has 3 nitrogen and oxygen atoms in total. The van der Waals surface area contributed by atoms with Gasteiger partial charge in [0.25, 0.3) is 0 Å². The second kappa shape index (κ2) is 4.92. The van der Waals surface area contributed by atoms with E-state index in [1.54, 1.807) is 0 Å². The molecule has 0 saturated heterocycles. The van der Waals surface area contributed by atoms with Crippen LogP contribution in [0.3, 0.4) is 0 Å². The lowest BCUT2D eigenvalue weighted by molar-refractivity contribution is -0.136. The highest BCUT2D eigenvalue weighted by Crippen LogP contribution is 2.28. The first kappa shape index (κ1) is 12.4. The molecular formula is C11H12F2O3. The van der Waals surface area contributed by atoms with Gasteiger partial charge in [0.15, 0.2) is 11.6 Å². The van der Waals surface area contributed by atoms with Crippen molar-refractivity contribution < 1.29 is 23.4 Å². The third-order valence-electron chi connectivity index (χ3n) is 2.15. The molecule has 1 aromatic rings. The summed E-state index contributed by atoms with van der Waals surface area (Å²) in [6.07, 6.45) is -1.76. The fourth-order valence-electron chi connectivity index (χ4n) is 1.43. The first-order chi connectivity index (χ1) is 7.45. The minimum Gasteiger partial charge on any atom is -0.493 e. The zero-order valence-electron chi connectivity index (χ0n) is 8.96. The lowest BCUT2D eigenvalue weighted by Crippen LogP contribution is -2.05. The van der Waals surface area contributed by atoms with Crippen LogP contribution in [0, 0.1) is 5.82 Å². The number of rotatable bonds is 4. The molecule has 0 heterocycles. The van der Waals surface area contributed by atoms with Gasteiger partial charge in [-0.15, -0.1) is 0 Å². The topological polar surface area (TPSA) is 46.5 Å². The average Bonchev–Trinajstić information content (AvgIpc) is 2.16. The number of hydrogen-bond donors (Lipinski definition) is 1. The summed E-state index contributed by atoms with van der Waals surface area (Å²) in [7, 11) is 1.24. The lowest BCUT2D eigenvalue weighted by atomic mass is 10.0. The molecule has 0 spiro atoms. The molecular weight excluding hydrogens is 218 g/mol. The highest BCUT2D eigenvalue weighted by molar-refractivity contribution is 5.71. The van der Waals surface area contributed by atoms with E-state index >= 15 is 0 Å². The zero-order chi connectivity index (χ0) is 12.3. The van der Waals surface area contributed by atoms with Gasteiger partial charge in [-0.25, -0.2) is 8.78 Å². The Balaban J connectivity index is 3.24. The first-order valence-electron chi connectivity index (χ1n) is 4.68. The lowest BCUT2D eigenvalue weighted by Gasteiger charge is -2.11. The van der Waals surface area contributed by atoms with Gasteiger partial charge in [0.1, 0.15) is 6.17 Å². The monoisotopic (exact) mass is 230 g/mol. The van der Waals surface area contributed by atoms with Crippen molar-refractivity contribution >= 4 is 5.97 Å². The second-order valence-corrected chi connectivity index (χ2v) is 3.38. The number of aliphatic carboxylic acids is 1. The Bertz CT molecular complexity index is 402. The fourth-order valence-corrected chi connectivity index (χ4v) is 1.43. The van der Waals surface area contributed by atoms with Crippen molar-refractivity contribution in [2.45, 2.75) is 19.5 Å². The van der Waals surface area contributed by atoms with Gasteiger partial charge in [-0.1, -0.05) is 0 Å². The molecule has 0 saturated carbocycles. The van der Waals surface area contributed by atoms with Gasteiger partial charge in [0.05, 0.1) is 13.5 Å². The van der Waals surface area contributed by atoms with E-state index in [4.69, 9.17) is 9.84 Å². The van der Waals surface area contributed by atoms with E-state index in [0.29, 0.717) is 0 Å². The molecule has 1 rings (SSSR count). The number of benzene rings is 1. The van der Waals surface area contributed by atoms with Crippen LogP contribution < -0.4 is 4.74 Å². The third-order valence-corrected chi connectivity index (χ3v) is 2.15. The minimum absolute atomic E-state index is 0.106. The standard InChI is InChI=1S/C11H12F2O3/c1-6(12)7-3-8(5-10(14)15)11(16-2)9(13)4-7/h3-4,6H,5H2,1-2H3,(H,14,15). The summed E-state index contributed by atoms with van der Waals surface area (Å²) in [6, 6.07) is 2.32. The maximum atomic E-state index is 13.4. The largest absolute Gasteiger partial charge is 0.493 e. The highest BCUT2D eigenvalue weighted by atomic mass is 19.1. The number of halogens is 2. The van der Waals surface area contributed by atoms with E-state index in [-0.39, 0.29) is 16.9 Å². The van der Waals surface area contributed by atoms with E-state index < -0.39 is 24.4 Å². The van der Waals surface area contributed by atoms with Crippen LogP contribution >= 0.6 is 0 Å². The summed E-state index contributed by atoms with van der Waals surface area (Å²) < 4.78 is 31.2. The van der Waals surface area contributed by atoms with Crippen LogP contribution in [0.1, 0.15) is 24.2 Å². The number of carboxylic acid groups (broad SMARTS) is 1. The van der Waals surface area contributed by atoms with Crippen LogP contribution in [0.5, 0.6) is 5.75 Å². The van der Waals surface area contributed by atoms with E-state index in [2.05, 4.69) is 0 Å². The van der Waals surface area contributed by atoms with Crippen LogP contribution in [0.15, 0.2) is 12.1 Å². The Morgan fingerprint density at radius 3 is 2.62 bits per heavy atom. The maximum absolute atomic E-state index is 13.4. The van der Waals surface area contributed by atoms with Gasteiger partial charge in [-0.3, -0.25) is 4.79 Å². The van der Waals surface area contributed by atoms with Crippen LogP contribution in [0.4, 0.5) is 8.78 Å². The molecule has 0 aliphatic heterocycles. The van der Waals surface area contributed by atoms with Crippen molar-refractivity contribution in [3.8, 4) is 5.75 Å². The number of ether oxygens (including phenoxy) is 1. The van der Waals surface area contributed by atoms with Gasteiger partial charge in [0.2, 0.25) is 0 Å².